The average molecular weight is 315 g/mol. The highest BCUT2D eigenvalue weighted by molar-refractivity contribution is 5.44. The highest BCUT2D eigenvalue weighted by Gasteiger charge is 2.21. The second-order valence-corrected chi connectivity index (χ2v) is 5.94. The number of anilines is 1. The van der Waals surface area contributed by atoms with Gasteiger partial charge in [-0.25, -0.2) is 0 Å². The van der Waals surface area contributed by atoms with Crippen molar-refractivity contribution in [3.05, 3.63) is 76.7 Å². The van der Waals surface area contributed by atoms with E-state index in [2.05, 4.69) is 45.3 Å². The molecule has 3 aromatic rings. The molecular weight excluding hydrogens is 298 g/mol. The Hall–Kier alpha value is -3.06. The Morgan fingerprint density at radius 2 is 1.96 bits per heavy atom. The Morgan fingerprint density at radius 3 is 2.79 bits per heavy atom. The third-order valence-electron chi connectivity index (χ3n) is 4.31. The van der Waals surface area contributed by atoms with Crippen molar-refractivity contribution in [1.82, 2.24) is 10.2 Å². The molecule has 24 heavy (non-hydrogen) atoms. The lowest BCUT2D eigenvalue weighted by Gasteiger charge is -2.27. The molecule has 0 fully saturated rings. The third kappa shape index (κ3) is 2.89. The summed E-state index contributed by atoms with van der Waals surface area (Å²) >= 11 is 0. The Morgan fingerprint density at radius 1 is 1.08 bits per heavy atom. The Balaban J connectivity index is 1.52. The van der Waals surface area contributed by atoms with Crippen LogP contribution in [0.15, 0.2) is 52.9 Å². The zero-order valence-electron chi connectivity index (χ0n) is 13.3. The van der Waals surface area contributed by atoms with Crippen molar-refractivity contribution in [2.75, 3.05) is 11.4 Å². The second kappa shape index (κ2) is 6.21. The number of terminal acetylenes is 1. The third-order valence-corrected chi connectivity index (χ3v) is 4.31. The first-order chi connectivity index (χ1) is 11.8. The molecule has 0 saturated heterocycles. The molecule has 0 spiro atoms. The smallest absolute Gasteiger partial charge is 0.318 e. The van der Waals surface area contributed by atoms with Crippen LogP contribution in [0.3, 0.4) is 0 Å². The molecule has 2 heterocycles. The van der Waals surface area contributed by atoms with Crippen LogP contribution >= 0.6 is 0 Å². The van der Waals surface area contributed by atoms with E-state index in [0.717, 1.165) is 30.6 Å². The predicted octanol–water partition coefficient (Wildman–Crippen LogP) is 3.20. The summed E-state index contributed by atoms with van der Waals surface area (Å²) in [5, 5.41) is 8.41. The topological polar surface area (TPSA) is 42.2 Å². The molecule has 0 saturated carbocycles. The normalized spacial score (nSPS) is 13.4. The van der Waals surface area contributed by atoms with Gasteiger partial charge in [0.15, 0.2) is 0 Å². The molecule has 0 bridgehead atoms. The minimum absolute atomic E-state index is 0.581. The SMILES string of the molecule is C#Cc1ccc2c(c1)CN(c1nnc(Cc3ccccc3)o1)CC2. The summed E-state index contributed by atoms with van der Waals surface area (Å²) in [7, 11) is 0. The molecule has 4 nitrogen and oxygen atoms in total. The van der Waals surface area contributed by atoms with E-state index in [9.17, 15) is 0 Å². The molecule has 118 valence electrons. The molecule has 1 aromatic heterocycles. The van der Waals surface area contributed by atoms with E-state index in [0.29, 0.717) is 18.3 Å². The van der Waals surface area contributed by atoms with Crippen LogP contribution in [0.25, 0.3) is 0 Å². The summed E-state index contributed by atoms with van der Waals surface area (Å²) in [6.45, 7) is 1.62. The fourth-order valence-corrected chi connectivity index (χ4v) is 3.02. The predicted molar refractivity (Wildman–Crippen MR) is 92.7 cm³/mol. The summed E-state index contributed by atoms with van der Waals surface area (Å²) in [5.74, 6) is 3.33. The number of hydrogen-bond donors (Lipinski definition) is 0. The lowest BCUT2D eigenvalue weighted by atomic mass is 9.98. The fraction of sp³-hybridized carbons (Fsp3) is 0.200. The fourth-order valence-electron chi connectivity index (χ4n) is 3.02. The Labute approximate surface area is 141 Å². The van der Waals surface area contributed by atoms with Crippen LogP contribution in [-0.2, 0) is 19.4 Å². The molecule has 2 aromatic carbocycles. The van der Waals surface area contributed by atoms with Crippen molar-refractivity contribution in [2.24, 2.45) is 0 Å². The van der Waals surface area contributed by atoms with E-state index in [4.69, 9.17) is 10.8 Å². The minimum Gasteiger partial charge on any atom is -0.408 e. The first-order valence-electron chi connectivity index (χ1n) is 8.01. The molecule has 4 rings (SSSR count). The van der Waals surface area contributed by atoms with Crippen molar-refractivity contribution >= 4 is 6.01 Å². The molecule has 4 heteroatoms. The van der Waals surface area contributed by atoms with E-state index >= 15 is 0 Å². The van der Waals surface area contributed by atoms with Gasteiger partial charge in [0, 0.05) is 18.7 Å². The summed E-state index contributed by atoms with van der Waals surface area (Å²) in [4.78, 5) is 2.12. The maximum absolute atomic E-state index is 5.86. The number of fused-ring (bicyclic) bond motifs is 1. The Kier molecular flexibility index (Phi) is 3.76. The van der Waals surface area contributed by atoms with Crippen LogP contribution in [0.1, 0.15) is 28.1 Å². The quantitative estimate of drug-likeness (QED) is 0.696. The minimum atomic E-state index is 0.581. The molecule has 0 aliphatic carbocycles. The molecule has 0 N–H and O–H groups in total. The van der Waals surface area contributed by atoms with E-state index in [1.165, 1.54) is 11.1 Å². The highest BCUT2D eigenvalue weighted by atomic mass is 16.4. The summed E-state index contributed by atoms with van der Waals surface area (Å²) in [6, 6.07) is 16.9. The van der Waals surface area contributed by atoms with Crippen LogP contribution in [0.5, 0.6) is 0 Å². The summed E-state index contributed by atoms with van der Waals surface area (Å²) in [6.07, 6.45) is 7.11. The largest absolute Gasteiger partial charge is 0.408 e. The maximum atomic E-state index is 5.86. The van der Waals surface area contributed by atoms with Gasteiger partial charge in [-0.05, 0) is 35.2 Å². The van der Waals surface area contributed by atoms with Crippen LogP contribution in [-0.4, -0.2) is 16.7 Å². The zero-order valence-corrected chi connectivity index (χ0v) is 13.3. The summed E-state index contributed by atoms with van der Waals surface area (Å²) < 4.78 is 5.86. The van der Waals surface area contributed by atoms with Crippen molar-refractivity contribution in [3.8, 4) is 12.3 Å². The maximum Gasteiger partial charge on any atom is 0.318 e. The van der Waals surface area contributed by atoms with Crippen molar-refractivity contribution in [1.29, 1.82) is 0 Å². The van der Waals surface area contributed by atoms with E-state index in [1.54, 1.807) is 0 Å². The van der Waals surface area contributed by atoms with Gasteiger partial charge in [0.25, 0.3) is 0 Å². The molecule has 0 amide bonds. The standard InChI is InChI=1S/C20H17N3O/c1-2-15-8-9-17-10-11-23(14-18(17)12-15)20-22-21-19(24-20)13-16-6-4-3-5-7-16/h1,3-9,12H,10-11,13-14H2. The second-order valence-electron chi connectivity index (χ2n) is 5.94. The Bertz CT molecular complexity index is 893. The van der Waals surface area contributed by atoms with Gasteiger partial charge in [0.2, 0.25) is 5.89 Å². The molecule has 1 aliphatic heterocycles. The highest BCUT2D eigenvalue weighted by Crippen LogP contribution is 2.24. The number of rotatable bonds is 3. The number of aromatic nitrogens is 2. The van der Waals surface area contributed by atoms with Gasteiger partial charge in [-0.2, -0.15) is 0 Å². The van der Waals surface area contributed by atoms with Gasteiger partial charge in [-0.15, -0.1) is 11.5 Å². The first kappa shape index (κ1) is 14.5. The molecule has 0 unspecified atom stereocenters. The number of nitrogens with zero attached hydrogens (tertiary/aromatic N) is 3. The monoisotopic (exact) mass is 315 g/mol. The van der Waals surface area contributed by atoms with Gasteiger partial charge >= 0.3 is 6.01 Å². The van der Waals surface area contributed by atoms with Gasteiger partial charge in [-0.1, -0.05) is 47.4 Å². The lowest BCUT2D eigenvalue weighted by Crippen LogP contribution is -2.30. The van der Waals surface area contributed by atoms with Gasteiger partial charge in [-0.3, -0.25) is 0 Å². The van der Waals surface area contributed by atoms with E-state index in [1.807, 2.05) is 24.3 Å². The van der Waals surface area contributed by atoms with Crippen LogP contribution in [0, 0.1) is 12.3 Å². The van der Waals surface area contributed by atoms with Crippen LogP contribution < -0.4 is 4.90 Å². The van der Waals surface area contributed by atoms with Crippen molar-refractivity contribution in [2.45, 2.75) is 19.4 Å². The summed E-state index contributed by atoms with van der Waals surface area (Å²) in [5.41, 5.74) is 4.65. The molecular formula is C20H17N3O. The number of benzene rings is 2. The van der Waals surface area contributed by atoms with Crippen molar-refractivity contribution in [3.63, 3.8) is 0 Å². The van der Waals surface area contributed by atoms with E-state index in [-0.39, 0.29) is 0 Å². The van der Waals surface area contributed by atoms with Crippen LogP contribution in [0.2, 0.25) is 0 Å². The average Bonchev–Trinajstić information content (AvgIpc) is 3.10. The molecule has 0 radical (unpaired) electrons. The zero-order chi connectivity index (χ0) is 16.4. The van der Waals surface area contributed by atoms with Gasteiger partial charge in [0.05, 0.1) is 6.42 Å². The van der Waals surface area contributed by atoms with E-state index < -0.39 is 0 Å². The van der Waals surface area contributed by atoms with Gasteiger partial charge in [0.1, 0.15) is 0 Å². The number of hydrogen-bond acceptors (Lipinski definition) is 4. The first-order valence-corrected chi connectivity index (χ1v) is 8.01. The lowest BCUT2D eigenvalue weighted by molar-refractivity contribution is 0.486. The van der Waals surface area contributed by atoms with Crippen LogP contribution in [0.4, 0.5) is 6.01 Å². The van der Waals surface area contributed by atoms with Gasteiger partial charge < -0.3 is 9.32 Å². The van der Waals surface area contributed by atoms with Crippen molar-refractivity contribution < 1.29 is 4.42 Å². The molecule has 0 atom stereocenters. The molecule has 1 aliphatic rings.